The molecule has 1 aliphatic carbocycles. The maximum absolute atomic E-state index is 2.42. The van der Waals surface area contributed by atoms with Crippen LogP contribution in [0, 0.1) is 6.92 Å². The highest BCUT2D eigenvalue weighted by molar-refractivity contribution is 5.88. The molecule has 0 amide bonds. The topological polar surface area (TPSA) is 0 Å². The van der Waals surface area contributed by atoms with Crippen LogP contribution in [0.25, 0.3) is 22.3 Å². The molecule has 5 aromatic carbocycles. The molecule has 0 heteroatoms. The smallest absolute Gasteiger partial charge is 0.0622 e. The van der Waals surface area contributed by atoms with E-state index in [1.165, 1.54) is 50.1 Å². The summed E-state index contributed by atoms with van der Waals surface area (Å²) in [6.07, 6.45) is 0. The highest BCUT2D eigenvalue weighted by atomic mass is 14.5. The summed E-state index contributed by atoms with van der Waals surface area (Å²) in [7, 11) is 0. The van der Waals surface area contributed by atoms with Gasteiger partial charge < -0.3 is 0 Å². The fourth-order valence-electron chi connectivity index (χ4n) is 5.45. The number of fused-ring (bicyclic) bond motifs is 3. The molecule has 0 heterocycles. The first kappa shape index (κ1) is 18.8. The highest BCUT2D eigenvalue weighted by Gasteiger charge is 2.45. The van der Waals surface area contributed by atoms with E-state index in [4.69, 9.17) is 0 Å². The van der Waals surface area contributed by atoms with Crippen molar-refractivity contribution in [2.75, 3.05) is 0 Å². The van der Waals surface area contributed by atoms with Crippen molar-refractivity contribution in [3.63, 3.8) is 0 Å². The Morgan fingerprint density at radius 3 is 1.72 bits per heavy atom. The van der Waals surface area contributed by atoms with Crippen molar-refractivity contribution < 1.29 is 0 Å². The van der Waals surface area contributed by atoms with Gasteiger partial charge in [-0.3, -0.25) is 0 Å². The van der Waals surface area contributed by atoms with Gasteiger partial charge in [-0.05, 0) is 57.5 Å². The van der Waals surface area contributed by atoms with Crippen molar-refractivity contribution in [1.29, 1.82) is 0 Å². The van der Waals surface area contributed by atoms with E-state index < -0.39 is 0 Å². The fourth-order valence-corrected chi connectivity index (χ4v) is 5.45. The number of hydrogen-bond acceptors (Lipinski definition) is 0. The SMILES string of the molecule is Cc1cccc(-c2ccc3c(c2)C(c2ccccc2)(c2ccccc2)c2ccccc2-3)c1. The summed E-state index contributed by atoms with van der Waals surface area (Å²) in [6, 6.07) is 46.7. The van der Waals surface area contributed by atoms with Gasteiger partial charge in [0, 0.05) is 0 Å². The highest BCUT2D eigenvalue weighted by Crippen LogP contribution is 2.56. The van der Waals surface area contributed by atoms with Crippen LogP contribution in [-0.2, 0) is 5.41 Å². The predicted octanol–water partition coefficient (Wildman–Crippen LogP) is 8.03. The lowest BCUT2D eigenvalue weighted by atomic mass is 9.67. The molecular weight excluding hydrogens is 384 g/mol. The summed E-state index contributed by atoms with van der Waals surface area (Å²) in [6.45, 7) is 2.16. The average molecular weight is 409 g/mol. The zero-order valence-electron chi connectivity index (χ0n) is 18.1. The van der Waals surface area contributed by atoms with Gasteiger partial charge in [0.05, 0.1) is 5.41 Å². The number of rotatable bonds is 3. The third-order valence-corrected chi connectivity index (χ3v) is 6.81. The van der Waals surface area contributed by atoms with Gasteiger partial charge in [0.15, 0.2) is 0 Å². The van der Waals surface area contributed by atoms with Crippen molar-refractivity contribution >= 4 is 0 Å². The molecule has 0 aliphatic heterocycles. The van der Waals surface area contributed by atoms with Gasteiger partial charge in [0.25, 0.3) is 0 Å². The number of benzene rings is 5. The maximum Gasteiger partial charge on any atom is 0.0713 e. The van der Waals surface area contributed by atoms with Crippen LogP contribution in [0.4, 0.5) is 0 Å². The summed E-state index contributed by atoms with van der Waals surface area (Å²) in [5.74, 6) is 0. The number of hydrogen-bond donors (Lipinski definition) is 0. The van der Waals surface area contributed by atoms with E-state index in [-0.39, 0.29) is 5.41 Å². The van der Waals surface area contributed by atoms with Crippen molar-refractivity contribution in [2.45, 2.75) is 12.3 Å². The monoisotopic (exact) mass is 408 g/mol. The van der Waals surface area contributed by atoms with Crippen LogP contribution >= 0.6 is 0 Å². The van der Waals surface area contributed by atoms with E-state index in [1.807, 2.05) is 0 Å². The van der Waals surface area contributed by atoms with Crippen LogP contribution in [0.5, 0.6) is 0 Å². The van der Waals surface area contributed by atoms with Gasteiger partial charge in [0.1, 0.15) is 0 Å². The Hall–Kier alpha value is -3.90. The van der Waals surface area contributed by atoms with Crippen LogP contribution in [0.15, 0.2) is 127 Å². The van der Waals surface area contributed by atoms with Gasteiger partial charge in [-0.15, -0.1) is 0 Å². The van der Waals surface area contributed by atoms with Gasteiger partial charge in [-0.1, -0.05) is 127 Å². The summed E-state index contributed by atoms with van der Waals surface area (Å²) in [5, 5.41) is 0. The fraction of sp³-hybridized carbons (Fsp3) is 0.0625. The summed E-state index contributed by atoms with van der Waals surface area (Å²) in [4.78, 5) is 0. The largest absolute Gasteiger partial charge is 0.0713 e. The van der Waals surface area contributed by atoms with E-state index in [0.29, 0.717) is 0 Å². The van der Waals surface area contributed by atoms with Crippen molar-refractivity contribution in [2.24, 2.45) is 0 Å². The molecule has 0 saturated carbocycles. The third kappa shape index (κ3) is 2.70. The first-order valence-electron chi connectivity index (χ1n) is 11.2. The van der Waals surface area contributed by atoms with Crippen molar-refractivity contribution in [3.8, 4) is 22.3 Å². The van der Waals surface area contributed by atoms with E-state index in [1.54, 1.807) is 0 Å². The molecule has 0 N–H and O–H groups in total. The van der Waals surface area contributed by atoms with Gasteiger partial charge in [-0.25, -0.2) is 0 Å². The first-order chi connectivity index (χ1) is 15.8. The van der Waals surface area contributed by atoms with Crippen LogP contribution in [-0.4, -0.2) is 0 Å². The summed E-state index contributed by atoms with van der Waals surface area (Å²) >= 11 is 0. The Morgan fingerprint density at radius 2 is 1.03 bits per heavy atom. The zero-order valence-corrected chi connectivity index (χ0v) is 18.1. The Bertz CT molecular complexity index is 1370. The molecule has 0 spiro atoms. The van der Waals surface area contributed by atoms with Crippen LogP contribution < -0.4 is 0 Å². The van der Waals surface area contributed by atoms with Gasteiger partial charge >= 0.3 is 0 Å². The van der Waals surface area contributed by atoms with Gasteiger partial charge in [-0.2, -0.15) is 0 Å². The first-order valence-corrected chi connectivity index (χ1v) is 11.2. The molecule has 0 unspecified atom stereocenters. The Kier molecular flexibility index (Phi) is 4.33. The lowest BCUT2D eigenvalue weighted by Crippen LogP contribution is -2.28. The molecular formula is C32H24. The van der Waals surface area contributed by atoms with Crippen LogP contribution in [0.2, 0.25) is 0 Å². The minimum atomic E-state index is -0.339. The normalized spacial score (nSPS) is 13.4. The molecule has 152 valence electrons. The molecule has 0 nitrogen and oxygen atoms in total. The molecule has 0 bridgehead atoms. The maximum atomic E-state index is 2.42. The third-order valence-electron chi connectivity index (χ3n) is 6.81. The molecule has 32 heavy (non-hydrogen) atoms. The van der Waals surface area contributed by atoms with E-state index in [2.05, 4.69) is 134 Å². The molecule has 0 atom stereocenters. The van der Waals surface area contributed by atoms with E-state index in [0.717, 1.165) is 0 Å². The molecule has 6 rings (SSSR count). The molecule has 0 saturated heterocycles. The molecule has 5 aromatic rings. The van der Waals surface area contributed by atoms with Crippen molar-refractivity contribution in [1.82, 2.24) is 0 Å². The Labute approximate surface area is 189 Å². The zero-order chi connectivity index (χ0) is 21.5. The molecule has 0 radical (unpaired) electrons. The van der Waals surface area contributed by atoms with E-state index >= 15 is 0 Å². The second-order valence-corrected chi connectivity index (χ2v) is 8.66. The Morgan fingerprint density at radius 1 is 0.438 bits per heavy atom. The Balaban J connectivity index is 1.73. The van der Waals surface area contributed by atoms with Crippen LogP contribution in [0.3, 0.4) is 0 Å². The lowest BCUT2D eigenvalue weighted by Gasteiger charge is -2.34. The molecule has 1 aliphatic rings. The summed E-state index contributed by atoms with van der Waals surface area (Å²) in [5.41, 5.74) is 11.4. The lowest BCUT2D eigenvalue weighted by molar-refractivity contribution is 0.769. The molecule has 0 fully saturated rings. The minimum Gasteiger partial charge on any atom is -0.0622 e. The standard InChI is InChI=1S/C32H24/c1-23-11-10-12-24(21-23)25-19-20-29-28-17-8-9-18-30(28)32(31(29)22-25,26-13-4-2-5-14-26)27-15-6-3-7-16-27/h2-22H,1H3. The summed E-state index contributed by atoms with van der Waals surface area (Å²) < 4.78 is 0. The second-order valence-electron chi connectivity index (χ2n) is 8.66. The predicted molar refractivity (Wildman–Crippen MR) is 134 cm³/mol. The second kappa shape index (κ2) is 7.35. The quantitative estimate of drug-likeness (QED) is 0.278. The minimum absolute atomic E-state index is 0.339. The van der Waals surface area contributed by atoms with Crippen molar-refractivity contribution in [3.05, 3.63) is 155 Å². The average Bonchev–Trinajstić information content (AvgIpc) is 3.16. The van der Waals surface area contributed by atoms with E-state index in [9.17, 15) is 0 Å². The number of aryl methyl sites for hydroxylation is 1. The van der Waals surface area contributed by atoms with Gasteiger partial charge in [0.2, 0.25) is 0 Å². The van der Waals surface area contributed by atoms with Crippen LogP contribution in [0.1, 0.15) is 27.8 Å². The molecule has 0 aromatic heterocycles.